The van der Waals surface area contributed by atoms with Gasteiger partial charge in [0, 0.05) is 0 Å². The number of nitriles is 1. The lowest BCUT2D eigenvalue weighted by Crippen LogP contribution is -2.51. The molecule has 1 amide bonds. The molecule has 51 heavy (non-hydrogen) atoms. The maximum atomic E-state index is 13.6. The summed E-state index contributed by atoms with van der Waals surface area (Å²) in [6.45, 7) is 20.4. The smallest absolute Gasteiger partial charge is 0.415 e. The van der Waals surface area contributed by atoms with Gasteiger partial charge in [-0.1, -0.05) is 19.3 Å². The number of nitrogens with zero attached hydrogens (tertiary/aromatic N) is 4. The van der Waals surface area contributed by atoms with Crippen molar-refractivity contribution in [2.45, 2.75) is 130 Å². The van der Waals surface area contributed by atoms with Crippen LogP contribution in [0.4, 0.5) is 10.6 Å². The number of carbonyl (C=O) groups excluding carboxylic acids is 3. The molecule has 1 aliphatic heterocycles. The summed E-state index contributed by atoms with van der Waals surface area (Å²) in [5.41, 5.74) is -2.53. The summed E-state index contributed by atoms with van der Waals surface area (Å²) in [6, 6.07) is 5.71. The summed E-state index contributed by atoms with van der Waals surface area (Å²) in [6.07, 6.45) is 3.16. The molecule has 4 atom stereocenters. The van der Waals surface area contributed by atoms with Gasteiger partial charge in [0.1, 0.15) is 42.8 Å². The average Bonchev–Trinajstić information content (AvgIpc) is 3.58. The number of hydrogen-bond donors (Lipinski definition) is 1. The van der Waals surface area contributed by atoms with E-state index in [0.717, 1.165) is 25.7 Å². The highest BCUT2D eigenvalue weighted by atomic mass is 28.4. The van der Waals surface area contributed by atoms with Crippen molar-refractivity contribution in [2.75, 3.05) is 18.7 Å². The van der Waals surface area contributed by atoms with Crippen LogP contribution in [0.2, 0.25) is 39.3 Å². The van der Waals surface area contributed by atoms with Crippen LogP contribution in [0.3, 0.4) is 0 Å². The second-order valence-electron chi connectivity index (χ2n) is 17.0. The van der Waals surface area contributed by atoms with Crippen molar-refractivity contribution in [3.63, 3.8) is 0 Å². The van der Waals surface area contributed by atoms with Crippen molar-refractivity contribution >= 4 is 46.0 Å². The summed E-state index contributed by atoms with van der Waals surface area (Å²) in [4.78, 5) is 42.6. The van der Waals surface area contributed by atoms with E-state index < -0.39 is 70.2 Å². The second-order valence-corrected chi connectivity index (χ2v) is 25.9. The van der Waals surface area contributed by atoms with Gasteiger partial charge in [0.2, 0.25) is 12.4 Å². The molecule has 2 aromatic rings. The Morgan fingerprint density at radius 1 is 0.961 bits per heavy atom. The molecule has 3 heterocycles. The van der Waals surface area contributed by atoms with Crippen LogP contribution in [0, 0.1) is 28.1 Å². The van der Waals surface area contributed by atoms with E-state index >= 15 is 0 Å². The maximum absolute atomic E-state index is 13.6. The Hall–Kier alpha value is -3.37. The Morgan fingerprint density at radius 3 is 2.20 bits per heavy atom. The monoisotopic (exact) mass is 745 g/mol. The minimum absolute atomic E-state index is 0.0856. The molecule has 0 radical (unpaired) electrons. The fraction of sp³-hybridized carbons (Fsp3) is 0.714. The highest BCUT2D eigenvalue weighted by Gasteiger charge is 2.61. The number of carbonyl (C=O) groups is 3. The van der Waals surface area contributed by atoms with Gasteiger partial charge in [-0.2, -0.15) is 10.4 Å². The van der Waals surface area contributed by atoms with Gasteiger partial charge >= 0.3 is 18.0 Å². The number of ether oxygens (including phenoxy) is 4. The number of esters is 2. The van der Waals surface area contributed by atoms with Crippen molar-refractivity contribution in [2.24, 2.45) is 16.7 Å². The lowest BCUT2D eigenvalue weighted by Gasteiger charge is -2.36. The SMILES string of the molecule is CC(C)(C)C(=O)OCOC(=O)Nc1ncnn2c([C@]3(C#N)O[C@H](COC(=O)C(C)(C)C4CCCCC4)C(O[Si](C)(C)C)C3O[Si](C)(C)C)ccc12. The Kier molecular flexibility index (Phi) is 12.1. The standard InChI is InChI=1S/C35H55N5O9Si2/c1-33(2,3)30(41)45-22-46-32(43)39-29-24-17-18-26(40(24)38-21-37-29)35(20-36)28(49-51(9,10)11)27(48-50(6,7)8)25(47-35)19-44-31(42)34(4,5)23-15-13-12-14-16-23/h17-18,21,23,25,27-28H,12-16,19,22H2,1-11H3,(H,37,38,39,43)/t25-,27?,28?,35+/m1/s1. The van der Waals surface area contributed by atoms with Crippen molar-refractivity contribution < 1.29 is 42.2 Å². The molecule has 2 unspecified atom stereocenters. The van der Waals surface area contributed by atoms with Crippen LogP contribution in [0.15, 0.2) is 18.5 Å². The summed E-state index contributed by atoms with van der Waals surface area (Å²) in [7, 11) is -4.66. The summed E-state index contributed by atoms with van der Waals surface area (Å²) >= 11 is 0. The van der Waals surface area contributed by atoms with Crippen LogP contribution in [-0.2, 0) is 43.0 Å². The highest BCUT2D eigenvalue weighted by molar-refractivity contribution is 6.70. The van der Waals surface area contributed by atoms with E-state index in [2.05, 4.69) is 21.5 Å². The van der Waals surface area contributed by atoms with Crippen LogP contribution in [0.25, 0.3) is 5.52 Å². The fourth-order valence-corrected chi connectivity index (χ4v) is 8.64. The van der Waals surface area contributed by atoms with Crippen molar-refractivity contribution in [3.8, 4) is 6.07 Å². The molecule has 1 aliphatic carbocycles. The number of amides is 1. The molecule has 2 aliphatic rings. The Bertz CT molecular complexity index is 1620. The summed E-state index contributed by atoms with van der Waals surface area (Å²) < 4.78 is 37.8. The quantitative estimate of drug-likeness (QED) is 0.142. The van der Waals surface area contributed by atoms with Crippen molar-refractivity contribution in [1.29, 1.82) is 5.26 Å². The van der Waals surface area contributed by atoms with E-state index in [4.69, 9.17) is 27.8 Å². The van der Waals surface area contributed by atoms with Crippen molar-refractivity contribution in [3.05, 3.63) is 24.2 Å². The zero-order chi connectivity index (χ0) is 38.0. The number of nitrogens with one attached hydrogen (secondary N) is 1. The zero-order valence-electron chi connectivity index (χ0n) is 32.0. The van der Waals surface area contributed by atoms with Crippen LogP contribution in [-0.4, -0.2) is 81.0 Å². The van der Waals surface area contributed by atoms with Gasteiger partial charge in [-0.15, -0.1) is 0 Å². The predicted octanol–water partition coefficient (Wildman–Crippen LogP) is 6.53. The molecule has 0 aromatic carbocycles. The molecular weight excluding hydrogens is 691 g/mol. The number of anilines is 1. The number of rotatable bonds is 12. The average molecular weight is 746 g/mol. The van der Waals surface area contributed by atoms with Gasteiger partial charge in [-0.3, -0.25) is 14.9 Å². The first-order valence-electron chi connectivity index (χ1n) is 17.7. The molecule has 4 rings (SSSR count). The molecule has 0 bridgehead atoms. The van der Waals surface area contributed by atoms with E-state index in [0.29, 0.717) is 11.2 Å². The van der Waals surface area contributed by atoms with Crippen LogP contribution in [0.1, 0.15) is 72.4 Å². The highest BCUT2D eigenvalue weighted by Crippen LogP contribution is 2.46. The van der Waals surface area contributed by atoms with Gasteiger partial charge in [0.15, 0.2) is 22.5 Å². The minimum atomic E-state index is -2.37. The molecule has 1 saturated carbocycles. The molecule has 282 valence electrons. The largest absolute Gasteiger partial charge is 0.462 e. The first kappa shape index (κ1) is 40.4. The van der Waals surface area contributed by atoms with Gasteiger partial charge in [0.05, 0.1) is 16.5 Å². The first-order valence-corrected chi connectivity index (χ1v) is 24.5. The topological polar surface area (TPSA) is 173 Å². The molecule has 0 spiro atoms. The fourth-order valence-electron chi connectivity index (χ4n) is 6.49. The normalized spacial score (nSPS) is 23.5. The Morgan fingerprint density at radius 2 is 1.61 bits per heavy atom. The first-order chi connectivity index (χ1) is 23.6. The van der Waals surface area contributed by atoms with Gasteiger partial charge in [0.25, 0.3) is 0 Å². The third-order valence-corrected chi connectivity index (χ3v) is 11.1. The molecule has 16 heteroatoms. The molecule has 1 N–H and O–H groups in total. The van der Waals surface area contributed by atoms with E-state index in [9.17, 15) is 19.6 Å². The molecule has 2 aromatic heterocycles. The third kappa shape index (κ3) is 9.55. The molecule has 14 nitrogen and oxygen atoms in total. The second kappa shape index (κ2) is 15.3. The summed E-state index contributed by atoms with van der Waals surface area (Å²) in [5, 5.41) is 18.0. The lowest BCUT2D eigenvalue weighted by molar-refractivity contribution is -0.164. The lowest BCUT2D eigenvalue weighted by atomic mass is 9.71. The predicted molar refractivity (Wildman–Crippen MR) is 193 cm³/mol. The van der Waals surface area contributed by atoms with Gasteiger partial charge < -0.3 is 27.8 Å². The zero-order valence-corrected chi connectivity index (χ0v) is 34.0. The van der Waals surface area contributed by atoms with Gasteiger partial charge in [-0.05, 0) is 105 Å². The van der Waals surface area contributed by atoms with Crippen LogP contribution < -0.4 is 5.32 Å². The van der Waals surface area contributed by atoms with Crippen LogP contribution >= 0.6 is 0 Å². The molecular formula is C35H55N5O9Si2. The summed E-state index contributed by atoms with van der Waals surface area (Å²) in [5.74, 6) is -0.522. The third-order valence-electron chi connectivity index (χ3n) is 9.12. The number of hydrogen-bond acceptors (Lipinski definition) is 12. The van der Waals surface area contributed by atoms with Crippen molar-refractivity contribution in [1.82, 2.24) is 14.6 Å². The number of aromatic nitrogens is 3. The Labute approximate surface area is 303 Å². The molecule has 1 saturated heterocycles. The van der Waals surface area contributed by atoms with E-state index in [1.165, 1.54) is 17.3 Å². The van der Waals surface area contributed by atoms with Gasteiger partial charge in [-0.25, -0.2) is 14.3 Å². The number of fused-ring (bicyclic) bond motifs is 1. The maximum Gasteiger partial charge on any atom is 0.415 e. The van der Waals surface area contributed by atoms with E-state index in [1.54, 1.807) is 32.9 Å². The van der Waals surface area contributed by atoms with E-state index in [1.807, 2.05) is 53.1 Å². The minimum Gasteiger partial charge on any atom is -0.462 e. The molecule has 2 fully saturated rings. The van der Waals surface area contributed by atoms with Crippen LogP contribution in [0.5, 0.6) is 0 Å². The Balaban J connectivity index is 1.67. The van der Waals surface area contributed by atoms with E-state index in [-0.39, 0.29) is 24.3 Å².